The molecular weight excluding hydrogens is 356 g/mol. The summed E-state index contributed by atoms with van der Waals surface area (Å²) in [7, 11) is 1.48. The van der Waals surface area contributed by atoms with Gasteiger partial charge in [0.05, 0.1) is 18.1 Å². The number of hydrogen-bond donors (Lipinski definition) is 1. The molecule has 2 amide bonds. The van der Waals surface area contributed by atoms with Gasteiger partial charge in [0.15, 0.2) is 10.5 Å². The number of thiocarbonyl (C=S) groups is 1. The molecular formula is C18H14N2O5S. The summed E-state index contributed by atoms with van der Waals surface area (Å²) in [5, 5.41) is 2.69. The molecule has 1 aliphatic rings. The number of rotatable bonds is 4. The number of methoxy groups -OCH3 is 1. The smallest absolute Gasteiger partial charge is 0.265 e. The number of nitrogens with one attached hydrogen (secondary N) is 1. The molecule has 0 radical (unpaired) electrons. The third kappa shape index (κ3) is 3.02. The fraction of sp³-hybridized carbons (Fsp3) is 0.111. The van der Waals surface area contributed by atoms with E-state index >= 15 is 0 Å². The van der Waals surface area contributed by atoms with Gasteiger partial charge in [0.25, 0.3) is 11.8 Å². The van der Waals surface area contributed by atoms with Gasteiger partial charge in [0.2, 0.25) is 0 Å². The van der Waals surface area contributed by atoms with E-state index in [-0.39, 0.29) is 33.6 Å². The molecule has 0 spiro atoms. The second kappa shape index (κ2) is 6.93. The van der Waals surface area contributed by atoms with Crippen molar-refractivity contribution in [3.05, 3.63) is 58.5 Å². The van der Waals surface area contributed by atoms with Crippen molar-refractivity contribution in [2.24, 2.45) is 0 Å². The number of carbonyl (C=O) groups is 2. The van der Waals surface area contributed by atoms with E-state index in [0.717, 1.165) is 0 Å². The molecule has 0 atom stereocenters. The van der Waals surface area contributed by atoms with Gasteiger partial charge in [0, 0.05) is 6.54 Å². The normalized spacial score (nSPS) is 16.1. The van der Waals surface area contributed by atoms with E-state index in [1.807, 2.05) is 0 Å². The van der Waals surface area contributed by atoms with Crippen LogP contribution in [0.2, 0.25) is 0 Å². The van der Waals surface area contributed by atoms with Crippen molar-refractivity contribution in [3.8, 4) is 5.75 Å². The highest BCUT2D eigenvalue weighted by Gasteiger charge is 2.32. The molecule has 2 heterocycles. The number of hydrogen-bond acceptors (Lipinski definition) is 6. The second-order valence-corrected chi connectivity index (χ2v) is 5.79. The molecule has 0 unspecified atom stereocenters. The van der Waals surface area contributed by atoms with Crippen molar-refractivity contribution in [1.29, 1.82) is 0 Å². The van der Waals surface area contributed by atoms with Crippen molar-refractivity contribution < 1.29 is 18.7 Å². The van der Waals surface area contributed by atoms with Gasteiger partial charge in [-0.05, 0) is 36.5 Å². The van der Waals surface area contributed by atoms with Crippen LogP contribution in [0.4, 0.5) is 0 Å². The summed E-state index contributed by atoms with van der Waals surface area (Å²) in [5.41, 5.74) is -0.167. The van der Waals surface area contributed by atoms with Crippen molar-refractivity contribution >= 4 is 46.2 Å². The second-order valence-electron chi connectivity index (χ2n) is 5.40. The predicted molar refractivity (Wildman–Crippen MR) is 99.7 cm³/mol. The number of amides is 2. The molecule has 0 aliphatic carbocycles. The van der Waals surface area contributed by atoms with Crippen LogP contribution in [0.1, 0.15) is 5.56 Å². The van der Waals surface area contributed by atoms with E-state index < -0.39 is 11.8 Å². The predicted octanol–water partition coefficient (Wildman–Crippen LogP) is 1.61. The number of benzene rings is 1. The zero-order valence-corrected chi connectivity index (χ0v) is 14.6. The molecule has 132 valence electrons. The lowest BCUT2D eigenvalue weighted by Gasteiger charge is -2.27. The average Bonchev–Trinajstić information content (AvgIpc) is 2.63. The molecule has 7 nitrogen and oxygen atoms in total. The molecule has 0 saturated carbocycles. The van der Waals surface area contributed by atoms with Gasteiger partial charge in [-0.1, -0.05) is 6.08 Å². The molecule has 0 bridgehead atoms. The SMILES string of the molecule is C=CCN1C(=O)C(=Cc2coc3ccc(OC)cc3c2=O)C(=O)NC1=S. The first-order valence-corrected chi connectivity index (χ1v) is 7.96. The van der Waals surface area contributed by atoms with Gasteiger partial charge in [-0.3, -0.25) is 24.6 Å². The first-order chi connectivity index (χ1) is 12.5. The quantitative estimate of drug-likeness (QED) is 0.381. The van der Waals surface area contributed by atoms with Gasteiger partial charge in [-0.2, -0.15) is 0 Å². The van der Waals surface area contributed by atoms with Gasteiger partial charge >= 0.3 is 0 Å². The Balaban J connectivity index is 2.11. The Kier molecular flexibility index (Phi) is 4.68. The average molecular weight is 370 g/mol. The third-order valence-corrected chi connectivity index (χ3v) is 4.13. The van der Waals surface area contributed by atoms with Crippen LogP contribution in [0.5, 0.6) is 5.75 Å². The van der Waals surface area contributed by atoms with Gasteiger partial charge in [-0.25, -0.2) is 0 Å². The molecule has 1 fully saturated rings. The number of nitrogens with zero attached hydrogens (tertiary/aromatic N) is 1. The van der Waals surface area contributed by atoms with Crippen molar-refractivity contribution in [1.82, 2.24) is 10.2 Å². The molecule has 1 N–H and O–H groups in total. The first-order valence-electron chi connectivity index (χ1n) is 7.55. The number of ether oxygens (including phenoxy) is 1. The summed E-state index contributed by atoms with van der Waals surface area (Å²) < 4.78 is 10.5. The molecule has 1 aromatic carbocycles. The highest BCUT2D eigenvalue weighted by Crippen LogP contribution is 2.20. The summed E-state index contributed by atoms with van der Waals surface area (Å²) in [6, 6.07) is 4.80. The van der Waals surface area contributed by atoms with E-state index in [9.17, 15) is 14.4 Å². The van der Waals surface area contributed by atoms with Crippen molar-refractivity contribution in [2.75, 3.05) is 13.7 Å². The molecule has 2 aromatic rings. The molecule has 1 saturated heterocycles. The Labute approximate surface area is 153 Å². The lowest BCUT2D eigenvalue weighted by atomic mass is 10.1. The molecule has 1 aromatic heterocycles. The Hall–Kier alpha value is -3.26. The van der Waals surface area contributed by atoms with Crippen molar-refractivity contribution in [2.45, 2.75) is 0 Å². The largest absolute Gasteiger partial charge is 0.497 e. The van der Waals surface area contributed by atoms with Crippen LogP contribution in [0.25, 0.3) is 17.0 Å². The molecule has 1 aliphatic heterocycles. The fourth-order valence-electron chi connectivity index (χ4n) is 2.50. The van der Waals surface area contributed by atoms with Crippen LogP contribution >= 0.6 is 12.2 Å². The summed E-state index contributed by atoms with van der Waals surface area (Å²) in [6.07, 6.45) is 3.88. The van der Waals surface area contributed by atoms with Crippen LogP contribution in [0, 0.1) is 0 Å². The van der Waals surface area contributed by atoms with Crippen LogP contribution in [0.15, 0.2) is 51.9 Å². The van der Waals surface area contributed by atoms with E-state index in [4.69, 9.17) is 21.4 Å². The van der Waals surface area contributed by atoms with E-state index in [2.05, 4.69) is 11.9 Å². The zero-order chi connectivity index (χ0) is 18.8. The van der Waals surface area contributed by atoms with Gasteiger partial charge in [0.1, 0.15) is 23.2 Å². The van der Waals surface area contributed by atoms with E-state index in [1.165, 1.54) is 36.5 Å². The number of carbonyl (C=O) groups excluding carboxylic acids is 2. The van der Waals surface area contributed by atoms with Crippen LogP contribution in [0.3, 0.4) is 0 Å². The Morgan fingerprint density at radius 2 is 2.12 bits per heavy atom. The summed E-state index contributed by atoms with van der Waals surface area (Å²) >= 11 is 4.98. The lowest BCUT2D eigenvalue weighted by molar-refractivity contribution is -0.128. The third-order valence-electron chi connectivity index (χ3n) is 3.80. The van der Waals surface area contributed by atoms with Crippen molar-refractivity contribution in [3.63, 3.8) is 0 Å². The molecule has 8 heteroatoms. The Bertz CT molecular complexity index is 1040. The first kappa shape index (κ1) is 17.6. The minimum absolute atomic E-state index is 0.00710. The Morgan fingerprint density at radius 3 is 2.81 bits per heavy atom. The minimum Gasteiger partial charge on any atom is -0.497 e. The summed E-state index contributed by atoms with van der Waals surface area (Å²) in [5.74, 6) is -0.794. The maximum absolute atomic E-state index is 12.7. The molecule has 26 heavy (non-hydrogen) atoms. The highest BCUT2D eigenvalue weighted by molar-refractivity contribution is 7.80. The Morgan fingerprint density at radius 1 is 1.35 bits per heavy atom. The molecule has 3 rings (SSSR count). The monoisotopic (exact) mass is 370 g/mol. The van der Waals surface area contributed by atoms with Crippen LogP contribution in [-0.2, 0) is 9.59 Å². The minimum atomic E-state index is -0.676. The van der Waals surface area contributed by atoms with Gasteiger partial charge < -0.3 is 9.15 Å². The topological polar surface area (TPSA) is 88.9 Å². The standard InChI is InChI=1S/C18H14N2O5S/c1-3-6-20-17(23)13(16(22)19-18(20)26)7-10-9-25-14-5-4-11(24-2)8-12(14)15(10)21/h3-5,7-9H,1,6H2,2H3,(H,19,22,26). The maximum Gasteiger partial charge on any atom is 0.265 e. The lowest BCUT2D eigenvalue weighted by Crippen LogP contribution is -2.53. The zero-order valence-electron chi connectivity index (χ0n) is 13.8. The van der Waals surface area contributed by atoms with Crippen LogP contribution in [-0.4, -0.2) is 35.5 Å². The summed E-state index contributed by atoms with van der Waals surface area (Å²) in [6.45, 7) is 3.69. The van der Waals surface area contributed by atoms with E-state index in [0.29, 0.717) is 11.3 Å². The highest BCUT2D eigenvalue weighted by atomic mass is 32.1. The number of fused-ring (bicyclic) bond motifs is 1. The van der Waals surface area contributed by atoms with E-state index in [1.54, 1.807) is 12.1 Å². The van der Waals surface area contributed by atoms with Crippen LogP contribution < -0.4 is 15.5 Å². The summed E-state index contributed by atoms with van der Waals surface area (Å²) in [4.78, 5) is 38.6. The van der Waals surface area contributed by atoms with Gasteiger partial charge in [-0.15, -0.1) is 6.58 Å². The fourth-order valence-corrected chi connectivity index (χ4v) is 2.75. The maximum atomic E-state index is 12.7.